The summed E-state index contributed by atoms with van der Waals surface area (Å²) >= 11 is 0. The molecule has 1 aromatic heterocycles. The van der Waals surface area contributed by atoms with Crippen LogP contribution in [0.3, 0.4) is 0 Å². The molecule has 0 spiro atoms. The fourth-order valence-electron chi connectivity index (χ4n) is 1.36. The zero-order valence-corrected chi connectivity index (χ0v) is 10.2. The number of amidine groups is 1. The molecule has 18 heavy (non-hydrogen) atoms. The maximum atomic E-state index is 11.9. The van der Waals surface area contributed by atoms with E-state index in [0.717, 1.165) is 0 Å². The Labute approximate surface area is 104 Å². The number of aromatic amines is 1. The molecule has 0 aliphatic rings. The molecule has 0 aliphatic heterocycles. The van der Waals surface area contributed by atoms with Gasteiger partial charge in [-0.15, -0.1) is 0 Å². The van der Waals surface area contributed by atoms with E-state index in [1.807, 2.05) is 0 Å². The zero-order chi connectivity index (χ0) is 13.8. The van der Waals surface area contributed by atoms with Gasteiger partial charge in [0.1, 0.15) is 5.56 Å². The summed E-state index contributed by atoms with van der Waals surface area (Å²) in [5.74, 6) is -0.696. The van der Waals surface area contributed by atoms with Gasteiger partial charge in [-0.05, 0) is 13.3 Å². The molecule has 1 unspecified atom stereocenters. The van der Waals surface area contributed by atoms with Crippen molar-refractivity contribution in [3.8, 4) is 0 Å². The minimum absolute atomic E-state index is 0.0251. The number of hydrogen-bond acceptors (Lipinski definition) is 4. The highest BCUT2D eigenvalue weighted by Crippen LogP contribution is 2.10. The summed E-state index contributed by atoms with van der Waals surface area (Å²) in [6, 6.07) is 1.25. The molecule has 0 saturated heterocycles. The summed E-state index contributed by atoms with van der Waals surface area (Å²) in [5.41, 5.74) is 4.10. The lowest BCUT2D eigenvalue weighted by Crippen LogP contribution is -2.55. The summed E-state index contributed by atoms with van der Waals surface area (Å²) in [6.07, 6.45) is 3.15. The highest BCUT2D eigenvalue weighted by atomic mass is 16.4. The van der Waals surface area contributed by atoms with Gasteiger partial charge in [0.15, 0.2) is 11.3 Å². The van der Waals surface area contributed by atoms with Crippen molar-refractivity contribution in [2.45, 2.75) is 25.8 Å². The van der Waals surface area contributed by atoms with E-state index in [4.69, 9.17) is 10.9 Å². The predicted molar refractivity (Wildman–Crippen MR) is 66.6 cm³/mol. The van der Waals surface area contributed by atoms with E-state index in [-0.39, 0.29) is 11.4 Å². The van der Waals surface area contributed by atoms with E-state index in [0.29, 0.717) is 6.42 Å². The average Bonchev–Trinajstić information content (AvgIpc) is 2.37. The van der Waals surface area contributed by atoms with Gasteiger partial charge < -0.3 is 21.2 Å². The Hall–Kier alpha value is -2.31. The number of H-pyrrole nitrogens is 1. The molecule has 1 amide bonds. The lowest BCUT2D eigenvalue weighted by Gasteiger charge is -2.27. The number of oxime groups is 1. The van der Waals surface area contributed by atoms with Gasteiger partial charge in [-0.1, -0.05) is 12.1 Å². The first-order valence-electron chi connectivity index (χ1n) is 5.42. The second-order valence-electron chi connectivity index (χ2n) is 4.05. The van der Waals surface area contributed by atoms with Crippen LogP contribution in [0.15, 0.2) is 28.4 Å². The molecular weight excluding hydrogens is 236 g/mol. The molecule has 5 N–H and O–H groups in total. The first-order chi connectivity index (χ1) is 8.44. The number of carbonyl (C=O) groups is 1. The van der Waals surface area contributed by atoms with E-state index in [1.54, 1.807) is 13.8 Å². The highest BCUT2D eigenvalue weighted by Gasteiger charge is 2.30. The van der Waals surface area contributed by atoms with Crippen LogP contribution >= 0.6 is 0 Å². The standard InChI is InChI=1S/C11H16N4O3/c1-3-11(2,10(12)15-18)14-9(17)7-6-13-5-4-8(7)16/h4-6,18H,3H2,1-2H3,(H2,12,15)(H,13,16)(H,14,17). The van der Waals surface area contributed by atoms with Gasteiger partial charge in [0.25, 0.3) is 5.91 Å². The second kappa shape index (κ2) is 5.35. The van der Waals surface area contributed by atoms with Crippen LogP contribution in [-0.2, 0) is 0 Å². The molecule has 1 aromatic rings. The number of hydrogen-bond donors (Lipinski definition) is 4. The van der Waals surface area contributed by atoms with E-state index < -0.39 is 16.9 Å². The number of carbonyl (C=O) groups excluding carboxylic acids is 1. The molecular formula is C11H16N4O3. The quantitative estimate of drug-likeness (QED) is 0.261. The van der Waals surface area contributed by atoms with Crippen molar-refractivity contribution < 1.29 is 10.0 Å². The minimum atomic E-state index is -1.01. The molecule has 0 saturated carbocycles. The number of aromatic nitrogens is 1. The molecule has 0 radical (unpaired) electrons. The molecule has 1 heterocycles. The Bertz CT molecular complexity index is 523. The fourth-order valence-corrected chi connectivity index (χ4v) is 1.36. The molecule has 0 aromatic carbocycles. The van der Waals surface area contributed by atoms with Crippen LogP contribution in [-0.4, -0.2) is 27.5 Å². The van der Waals surface area contributed by atoms with Crippen LogP contribution in [0.4, 0.5) is 0 Å². The SMILES string of the molecule is CCC(C)(NC(=O)c1c[nH]ccc1=O)/C(N)=N/O. The van der Waals surface area contributed by atoms with Crippen LogP contribution in [0, 0.1) is 0 Å². The lowest BCUT2D eigenvalue weighted by atomic mass is 9.97. The molecule has 0 bridgehead atoms. The van der Waals surface area contributed by atoms with Crippen LogP contribution in [0.1, 0.15) is 30.6 Å². The Kier molecular flexibility index (Phi) is 4.09. The van der Waals surface area contributed by atoms with Gasteiger partial charge in [-0.3, -0.25) is 9.59 Å². The third-order valence-electron chi connectivity index (χ3n) is 2.84. The van der Waals surface area contributed by atoms with Crippen molar-refractivity contribution in [3.05, 3.63) is 34.2 Å². The van der Waals surface area contributed by atoms with Gasteiger partial charge in [-0.25, -0.2) is 0 Å². The molecule has 98 valence electrons. The number of nitrogens with two attached hydrogens (primary N) is 1. The van der Waals surface area contributed by atoms with Crippen molar-refractivity contribution in [1.29, 1.82) is 0 Å². The van der Waals surface area contributed by atoms with Gasteiger partial charge in [0.2, 0.25) is 0 Å². The number of nitrogens with zero attached hydrogens (tertiary/aromatic N) is 1. The first kappa shape index (κ1) is 13.8. The van der Waals surface area contributed by atoms with Gasteiger partial charge >= 0.3 is 0 Å². The van der Waals surface area contributed by atoms with Crippen LogP contribution in [0.5, 0.6) is 0 Å². The Morgan fingerprint density at radius 3 is 2.83 bits per heavy atom. The predicted octanol–water partition coefficient (Wildman–Crippen LogP) is 0.0198. The van der Waals surface area contributed by atoms with Crippen molar-refractivity contribution in [2.24, 2.45) is 10.9 Å². The Morgan fingerprint density at radius 2 is 2.33 bits per heavy atom. The second-order valence-corrected chi connectivity index (χ2v) is 4.05. The maximum Gasteiger partial charge on any atom is 0.257 e. The van der Waals surface area contributed by atoms with Crippen LogP contribution in [0.2, 0.25) is 0 Å². The third-order valence-corrected chi connectivity index (χ3v) is 2.84. The number of rotatable bonds is 4. The van der Waals surface area contributed by atoms with E-state index in [9.17, 15) is 9.59 Å². The average molecular weight is 252 g/mol. The first-order valence-corrected chi connectivity index (χ1v) is 5.42. The smallest absolute Gasteiger partial charge is 0.257 e. The fraction of sp³-hybridized carbons (Fsp3) is 0.364. The Morgan fingerprint density at radius 1 is 1.67 bits per heavy atom. The van der Waals surface area contributed by atoms with Crippen molar-refractivity contribution in [3.63, 3.8) is 0 Å². The highest BCUT2D eigenvalue weighted by molar-refractivity contribution is 5.99. The van der Waals surface area contributed by atoms with E-state index in [2.05, 4.69) is 15.5 Å². The van der Waals surface area contributed by atoms with Gasteiger partial charge in [0.05, 0.1) is 5.54 Å². The molecule has 1 rings (SSSR count). The summed E-state index contributed by atoms with van der Waals surface area (Å²) < 4.78 is 0. The van der Waals surface area contributed by atoms with Crippen molar-refractivity contribution in [2.75, 3.05) is 0 Å². The zero-order valence-electron chi connectivity index (χ0n) is 10.2. The lowest BCUT2D eigenvalue weighted by molar-refractivity contribution is 0.0923. The molecule has 7 heteroatoms. The molecule has 1 atom stereocenters. The summed E-state index contributed by atoms with van der Waals surface area (Å²) in [5, 5.41) is 14.2. The van der Waals surface area contributed by atoms with Crippen molar-refractivity contribution >= 4 is 11.7 Å². The number of amides is 1. The number of nitrogens with one attached hydrogen (secondary N) is 2. The third kappa shape index (κ3) is 2.68. The molecule has 7 nitrogen and oxygen atoms in total. The Balaban J connectivity index is 3.01. The summed E-state index contributed by atoms with van der Waals surface area (Å²) in [7, 11) is 0. The van der Waals surface area contributed by atoms with Gasteiger partial charge in [-0.2, -0.15) is 0 Å². The van der Waals surface area contributed by atoms with Crippen molar-refractivity contribution in [1.82, 2.24) is 10.3 Å². The van der Waals surface area contributed by atoms with Gasteiger partial charge in [0, 0.05) is 18.5 Å². The minimum Gasteiger partial charge on any atom is -0.409 e. The van der Waals surface area contributed by atoms with E-state index in [1.165, 1.54) is 18.5 Å². The topological polar surface area (TPSA) is 121 Å². The largest absolute Gasteiger partial charge is 0.409 e. The van der Waals surface area contributed by atoms with Crippen LogP contribution in [0.25, 0.3) is 0 Å². The summed E-state index contributed by atoms with van der Waals surface area (Å²) in [4.78, 5) is 26.1. The molecule has 0 aliphatic carbocycles. The number of pyridine rings is 1. The normalized spacial score (nSPS) is 14.9. The summed E-state index contributed by atoms with van der Waals surface area (Å²) in [6.45, 7) is 3.38. The maximum absolute atomic E-state index is 11.9. The van der Waals surface area contributed by atoms with E-state index >= 15 is 0 Å². The monoisotopic (exact) mass is 252 g/mol. The van der Waals surface area contributed by atoms with Crippen LogP contribution < -0.4 is 16.5 Å². The molecule has 0 fully saturated rings.